The summed E-state index contributed by atoms with van der Waals surface area (Å²) in [6.07, 6.45) is 3.51. The first kappa shape index (κ1) is 13.2. The first-order chi connectivity index (χ1) is 10.2. The van der Waals surface area contributed by atoms with Crippen molar-refractivity contribution in [3.63, 3.8) is 0 Å². The lowest BCUT2D eigenvalue weighted by molar-refractivity contribution is 0.848. The van der Waals surface area contributed by atoms with Crippen LogP contribution < -0.4 is 0 Å². The number of hydrogen-bond donors (Lipinski definition) is 0. The van der Waals surface area contributed by atoms with Gasteiger partial charge in [-0.1, -0.05) is 26.0 Å². The summed E-state index contributed by atoms with van der Waals surface area (Å²) < 4.78 is 0. The highest BCUT2D eigenvalue weighted by Gasteiger charge is 2.08. The van der Waals surface area contributed by atoms with E-state index in [4.69, 9.17) is 0 Å². The molecular weight excluding hydrogens is 264 g/mol. The Balaban J connectivity index is 1.87. The molecule has 0 aromatic carbocycles. The average Bonchev–Trinajstić information content (AvgIpc) is 2.56. The van der Waals surface area contributed by atoms with E-state index in [-0.39, 0.29) is 0 Å². The predicted octanol–water partition coefficient (Wildman–Crippen LogP) is 2.51. The maximum atomic E-state index is 4.35. The van der Waals surface area contributed by atoms with Crippen molar-refractivity contribution in [1.29, 1.82) is 0 Å². The van der Waals surface area contributed by atoms with Gasteiger partial charge < -0.3 is 0 Å². The van der Waals surface area contributed by atoms with Crippen LogP contribution in [0.1, 0.15) is 25.3 Å². The molecular formula is C15H14N6. The van der Waals surface area contributed by atoms with Crippen LogP contribution in [0.3, 0.4) is 0 Å². The smallest absolute Gasteiger partial charge is 0.221 e. The van der Waals surface area contributed by atoms with Gasteiger partial charge in [-0.25, -0.2) is 0 Å². The summed E-state index contributed by atoms with van der Waals surface area (Å²) in [5.74, 6) is 1.25. The van der Waals surface area contributed by atoms with E-state index in [0.717, 1.165) is 0 Å². The number of rotatable bonds is 3. The van der Waals surface area contributed by atoms with Crippen molar-refractivity contribution in [2.75, 3.05) is 0 Å². The number of pyridine rings is 2. The maximum absolute atomic E-state index is 4.35. The van der Waals surface area contributed by atoms with Gasteiger partial charge in [0.2, 0.25) is 11.6 Å². The lowest BCUT2D eigenvalue weighted by Crippen LogP contribution is -2.01. The predicted molar refractivity (Wildman–Crippen MR) is 78.2 cm³/mol. The lowest BCUT2D eigenvalue weighted by atomic mass is 10.1. The zero-order chi connectivity index (χ0) is 14.7. The Kier molecular flexibility index (Phi) is 3.59. The zero-order valence-corrected chi connectivity index (χ0v) is 11.8. The Morgan fingerprint density at radius 1 is 0.762 bits per heavy atom. The van der Waals surface area contributed by atoms with Crippen molar-refractivity contribution < 1.29 is 0 Å². The molecule has 0 radical (unpaired) electrons. The van der Waals surface area contributed by atoms with Gasteiger partial charge in [0.1, 0.15) is 11.4 Å². The van der Waals surface area contributed by atoms with E-state index >= 15 is 0 Å². The van der Waals surface area contributed by atoms with Crippen LogP contribution in [0.15, 0.2) is 42.7 Å². The molecule has 0 atom stereocenters. The SMILES string of the molecule is CC(C)c1ccc(-c2nnc(-c3ccccn3)nn2)nc1. The number of aromatic nitrogens is 6. The van der Waals surface area contributed by atoms with E-state index in [1.807, 2.05) is 36.5 Å². The molecule has 3 heterocycles. The summed E-state index contributed by atoms with van der Waals surface area (Å²) in [6.45, 7) is 4.25. The van der Waals surface area contributed by atoms with E-state index in [2.05, 4.69) is 44.2 Å². The molecule has 21 heavy (non-hydrogen) atoms. The third kappa shape index (κ3) is 2.89. The first-order valence-corrected chi connectivity index (χ1v) is 6.69. The van der Waals surface area contributed by atoms with Crippen molar-refractivity contribution in [1.82, 2.24) is 30.4 Å². The van der Waals surface area contributed by atoms with E-state index in [1.165, 1.54) is 5.56 Å². The minimum atomic E-state index is 0.401. The molecule has 0 fully saturated rings. The van der Waals surface area contributed by atoms with Crippen LogP contribution in [0.4, 0.5) is 0 Å². The van der Waals surface area contributed by atoms with Gasteiger partial charge in [-0.2, -0.15) is 0 Å². The highest BCUT2D eigenvalue weighted by molar-refractivity contribution is 5.50. The Morgan fingerprint density at radius 2 is 1.43 bits per heavy atom. The molecule has 3 aromatic heterocycles. The molecule has 0 bridgehead atoms. The number of hydrogen-bond acceptors (Lipinski definition) is 6. The highest BCUT2D eigenvalue weighted by Crippen LogP contribution is 2.17. The van der Waals surface area contributed by atoms with Crippen LogP contribution in [-0.4, -0.2) is 30.4 Å². The van der Waals surface area contributed by atoms with Gasteiger partial charge in [0.25, 0.3) is 0 Å². The van der Waals surface area contributed by atoms with Crippen molar-refractivity contribution in [3.05, 3.63) is 48.3 Å². The van der Waals surface area contributed by atoms with Crippen LogP contribution >= 0.6 is 0 Å². The van der Waals surface area contributed by atoms with Gasteiger partial charge in [-0.3, -0.25) is 9.97 Å². The Labute approximate surface area is 122 Å². The second-order valence-electron chi connectivity index (χ2n) is 4.89. The average molecular weight is 278 g/mol. The van der Waals surface area contributed by atoms with Gasteiger partial charge >= 0.3 is 0 Å². The molecule has 0 unspecified atom stereocenters. The molecule has 0 aliphatic heterocycles. The van der Waals surface area contributed by atoms with Gasteiger partial charge in [-0.15, -0.1) is 20.4 Å². The van der Waals surface area contributed by atoms with E-state index < -0.39 is 0 Å². The quantitative estimate of drug-likeness (QED) is 0.732. The normalized spacial score (nSPS) is 10.8. The fourth-order valence-corrected chi connectivity index (χ4v) is 1.81. The fraction of sp³-hybridized carbons (Fsp3) is 0.200. The third-order valence-electron chi connectivity index (χ3n) is 3.06. The molecule has 0 amide bonds. The molecule has 0 aliphatic rings. The molecule has 0 spiro atoms. The molecule has 104 valence electrons. The topological polar surface area (TPSA) is 77.3 Å². The van der Waals surface area contributed by atoms with Crippen molar-refractivity contribution >= 4 is 0 Å². The Morgan fingerprint density at radius 3 is 1.90 bits per heavy atom. The first-order valence-electron chi connectivity index (χ1n) is 6.69. The van der Waals surface area contributed by atoms with E-state index in [9.17, 15) is 0 Å². The van der Waals surface area contributed by atoms with E-state index in [1.54, 1.807) is 6.20 Å². The minimum Gasteiger partial charge on any atom is -0.253 e. The molecule has 3 rings (SSSR count). The van der Waals surface area contributed by atoms with Crippen LogP contribution in [0.2, 0.25) is 0 Å². The molecule has 0 N–H and O–H groups in total. The summed E-state index contributed by atoms with van der Waals surface area (Å²) in [6, 6.07) is 9.41. The Hall–Kier alpha value is -2.76. The van der Waals surface area contributed by atoms with Crippen molar-refractivity contribution in [3.8, 4) is 23.0 Å². The summed E-state index contributed by atoms with van der Waals surface area (Å²) in [7, 11) is 0. The monoisotopic (exact) mass is 278 g/mol. The summed E-state index contributed by atoms with van der Waals surface area (Å²) in [4.78, 5) is 8.51. The maximum Gasteiger partial charge on any atom is 0.221 e. The zero-order valence-electron chi connectivity index (χ0n) is 11.8. The van der Waals surface area contributed by atoms with Crippen molar-refractivity contribution in [2.24, 2.45) is 0 Å². The third-order valence-corrected chi connectivity index (χ3v) is 3.06. The lowest BCUT2D eigenvalue weighted by Gasteiger charge is -2.04. The molecule has 6 nitrogen and oxygen atoms in total. The minimum absolute atomic E-state index is 0.401. The van der Waals surface area contributed by atoms with Crippen LogP contribution in [0.5, 0.6) is 0 Å². The fourth-order valence-electron chi connectivity index (χ4n) is 1.81. The van der Waals surface area contributed by atoms with Gasteiger partial charge in [-0.05, 0) is 29.7 Å². The molecule has 6 heteroatoms. The molecule has 0 saturated carbocycles. The molecule has 0 aliphatic carbocycles. The van der Waals surface area contributed by atoms with Crippen LogP contribution in [0.25, 0.3) is 23.0 Å². The van der Waals surface area contributed by atoms with Crippen molar-refractivity contribution in [2.45, 2.75) is 19.8 Å². The molecule has 3 aromatic rings. The van der Waals surface area contributed by atoms with Gasteiger partial charge in [0.05, 0.1) is 0 Å². The highest BCUT2D eigenvalue weighted by atomic mass is 15.3. The number of nitrogens with zero attached hydrogens (tertiary/aromatic N) is 6. The molecule has 0 saturated heterocycles. The second kappa shape index (κ2) is 5.70. The van der Waals surface area contributed by atoms with Crippen LogP contribution in [-0.2, 0) is 0 Å². The summed E-state index contributed by atoms with van der Waals surface area (Å²) in [5, 5.41) is 16.3. The van der Waals surface area contributed by atoms with Crippen LogP contribution in [0, 0.1) is 0 Å². The standard InChI is InChI=1S/C15H14N6/c1-10(2)11-6-7-13(17-9-11)15-20-18-14(19-21-15)12-5-3-4-8-16-12/h3-10H,1-2H3. The summed E-state index contributed by atoms with van der Waals surface area (Å²) >= 11 is 0. The van der Waals surface area contributed by atoms with E-state index in [0.29, 0.717) is 29.0 Å². The second-order valence-corrected chi connectivity index (χ2v) is 4.89. The largest absolute Gasteiger partial charge is 0.253 e. The Bertz CT molecular complexity index is 707. The summed E-state index contributed by atoms with van der Waals surface area (Å²) in [5.41, 5.74) is 2.48. The van der Waals surface area contributed by atoms with Gasteiger partial charge in [0.15, 0.2) is 0 Å². The van der Waals surface area contributed by atoms with Gasteiger partial charge in [0, 0.05) is 12.4 Å².